The highest BCUT2D eigenvalue weighted by molar-refractivity contribution is 5.78. The zero-order valence-corrected chi connectivity index (χ0v) is 14.9. The number of carbonyl (C=O) groups excluding carboxylic acids is 1. The Labute approximate surface area is 152 Å². The molecule has 3 aromatic rings. The van der Waals surface area contributed by atoms with Crippen LogP contribution in [0.3, 0.4) is 0 Å². The summed E-state index contributed by atoms with van der Waals surface area (Å²) in [6.07, 6.45) is 6.22. The molecule has 1 unspecified atom stereocenters. The molecule has 26 heavy (non-hydrogen) atoms. The van der Waals surface area contributed by atoms with E-state index in [9.17, 15) is 9.18 Å². The Bertz CT molecular complexity index is 943. The highest BCUT2D eigenvalue weighted by Crippen LogP contribution is 2.31. The first-order valence-corrected chi connectivity index (χ1v) is 9.09. The Morgan fingerprint density at radius 3 is 2.81 bits per heavy atom. The number of carbonyl (C=O) groups is 1. The third kappa shape index (κ3) is 3.09. The number of rotatable bonds is 4. The Hall–Kier alpha value is -2.69. The summed E-state index contributed by atoms with van der Waals surface area (Å²) < 4.78 is 15.9. The minimum absolute atomic E-state index is 0.124. The molecule has 1 aliphatic heterocycles. The van der Waals surface area contributed by atoms with E-state index in [2.05, 4.69) is 4.98 Å². The van der Waals surface area contributed by atoms with Crippen LogP contribution in [0.2, 0.25) is 0 Å². The number of aromatic nitrogens is 2. The summed E-state index contributed by atoms with van der Waals surface area (Å²) >= 11 is 0. The first-order valence-electron chi connectivity index (χ1n) is 9.09. The van der Waals surface area contributed by atoms with Crippen LogP contribution in [0.5, 0.6) is 0 Å². The Balaban J connectivity index is 1.76. The molecule has 4 rings (SSSR count). The van der Waals surface area contributed by atoms with Gasteiger partial charge >= 0.3 is 0 Å². The predicted molar refractivity (Wildman–Crippen MR) is 98.6 cm³/mol. The number of halogens is 1. The van der Waals surface area contributed by atoms with Crippen molar-refractivity contribution in [2.45, 2.75) is 32.1 Å². The number of pyridine rings is 1. The van der Waals surface area contributed by atoms with Crippen molar-refractivity contribution in [2.75, 3.05) is 13.1 Å². The number of imidazole rings is 1. The molecule has 3 heterocycles. The van der Waals surface area contributed by atoms with Crippen molar-refractivity contribution in [3.05, 3.63) is 71.4 Å². The fourth-order valence-electron chi connectivity index (χ4n) is 3.82. The van der Waals surface area contributed by atoms with Gasteiger partial charge in [0, 0.05) is 37.8 Å². The first kappa shape index (κ1) is 16.8. The molecule has 2 aromatic heterocycles. The van der Waals surface area contributed by atoms with Crippen LogP contribution in [0.25, 0.3) is 5.65 Å². The fourth-order valence-corrected chi connectivity index (χ4v) is 3.82. The van der Waals surface area contributed by atoms with Crippen LogP contribution in [0.1, 0.15) is 42.0 Å². The normalized spacial score (nSPS) is 15.5. The van der Waals surface area contributed by atoms with Crippen molar-refractivity contribution in [2.24, 2.45) is 0 Å². The van der Waals surface area contributed by atoms with Gasteiger partial charge in [-0.2, -0.15) is 0 Å². The van der Waals surface area contributed by atoms with Crippen LogP contribution in [0, 0.1) is 12.7 Å². The number of benzene rings is 1. The molecule has 1 amide bonds. The van der Waals surface area contributed by atoms with Gasteiger partial charge in [0.25, 0.3) is 0 Å². The molecule has 1 aromatic carbocycles. The summed E-state index contributed by atoms with van der Waals surface area (Å²) in [6, 6.07) is 10.5. The maximum Gasteiger partial charge on any atom is 0.223 e. The maximum absolute atomic E-state index is 13.9. The maximum atomic E-state index is 13.9. The van der Waals surface area contributed by atoms with E-state index in [1.54, 1.807) is 6.07 Å². The molecular weight excluding hydrogens is 329 g/mol. The van der Waals surface area contributed by atoms with E-state index in [1.807, 2.05) is 46.8 Å². The minimum Gasteiger partial charge on any atom is -0.343 e. The quantitative estimate of drug-likeness (QED) is 0.714. The third-order valence-corrected chi connectivity index (χ3v) is 5.21. The van der Waals surface area contributed by atoms with Crippen molar-refractivity contribution in [3.63, 3.8) is 0 Å². The summed E-state index contributed by atoms with van der Waals surface area (Å²) in [4.78, 5) is 19.3. The number of hydrogen-bond acceptors (Lipinski definition) is 2. The molecule has 5 heteroatoms. The van der Waals surface area contributed by atoms with Gasteiger partial charge in [-0.15, -0.1) is 0 Å². The minimum atomic E-state index is -0.286. The molecule has 0 spiro atoms. The molecule has 134 valence electrons. The molecule has 1 aliphatic rings. The van der Waals surface area contributed by atoms with Crippen molar-refractivity contribution >= 4 is 11.6 Å². The molecule has 0 N–H and O–H groups in total. The van der Waals surface area contributed by atoms with Crippen LogP contribution in [-0.2, 0) is 4.79 Å². The average Bonchev–Trinajstić information content (AvgIpc) is 3.30. The number of amides is 1. The van der Waals surface area contributed by atoms with Gasteiger partial charge in [-0.1, -0.05) is 18.2 Å². The van der Waals surface area contributed by atoms with Crippen molar-refractivity contribution in [3.8, 4) is 0 Å². The smallest absolute Gasteiger partial charge is 0.223 e. The van der Waals surface area contributed by atoms with Crippen molar-refractivity contribution in [1.29, 1.82) is 0 Å². The van der Waals surface area contributed by atoms with Crippen LogP contribution >= 0.6 is 0 Å². The second-order valence-corrected chi connectivity index (χ2v) is 6.97. The summed E-state index contributed by atoms with van der Waals surface area (Å²) in [7, 11) is 0. The van der Waals surface area contributed by atoms with E-state index in [1.165, 1.54) is 12.1 Å². The van der Waals surface area contributed by atoms with Gasteiger partial charge in [0.05, 0.1) is 5.69 Å². The largest absolute Gasteiger partial charge is 0.343 e. The molecule has 1 fully saturated rings. The van der Waals surface area contributed by atoms with Gasteiger partial charge in [-0.25, -0.2) is 9.37 Å². The summed E-state index contributed by atoms with van der Waals surface area (Å²) in [6.45, 7) is 3.65. The Kier molecular flexibility index (Phi) is 4.45. The van der Waals surface area contributed by atoms with E-state index >= 15 is 0 Å². The molecule has 0 bridgehead atoms. The number of hydrogen-bond donors (Lipinski definition) is 0. The van der Waals surface area contributed by atoms with E-state index in [4.69, 9.17) is 0 Å². The van der Waals surface area contributed by atoms with E-state index in [0.29, 0.717) is 6.42 Å². The topological polar surface area (TPSA) is 37.6 Å². The number of nitrogens with zero attached hydrogens (tertiary/aromatic N) is 3. The number of aryl methyl sites for hydroxylation is 1. The standard InChI is InChI=1S/C21H22FN3O/c1-15-6-5-11-25-19(14-23-21(15)25)18(16-7-4-8-17(22)12-16)13-20(26)24-9-2-3-10-24/h4-8,11-12,14,18H,2-3,9-10,13H2,1H3. The lowest BCUT2D eigenvalue weighted by atomic mass is 9.92. The molecule has 1 atom stereocenters. The number of fused-ring (bicyclic) bond motifs is 1. The Morgan fingerprint density at radius 2 is 2.04 bits per heavy atom. The van der Waals surface area contributed by atoms with E-state index in [-0.39, 0.29) is 17.6 Å². The molecule has 4 nitrogen and oxygen atoms in total. The Morgan fingerprint density at radius 1 is 1.23 bits per heavy atom. The van der Waals surface area contributed by atoms with Crippen LogP contribution in [-0.4, -0.2) is 33.3 Å². The summed E-state index contributed by atoms with van der Waals surface area (Å²) in [5, 5.41) is 0. The lowest BCUT2D eigenvalue weighted by molar-refractivity contribution is -0.130. The zero-order chi connectivity index (χ0) is 18.1. The fraction of sp³-hybridized carbons (Fsp3) is 0.333. The lowest BCUT2D eigenvalue weighted by Crippen LogP contribution is -2.29. The molecule has 1 saturated heterocycles. The summed E-state index contributed by atoms with van der Waals surface area (Å²) in [5.41, 5.74) is 3.67. The van der Waals surface area contributed by atoms with Gasteiger partial charge in [-0.3, -0.25) is 4.79 Å². The van der Waals surface area contributed by atoms with Gasteiger partial charge in [0.1, 0.15) is 11.5 Å². The highest BCUT2D eigenvalue weighted by Gasteiger charge is 2.26. The van der Waals surface area contributed by atoms with Gasteiger partial charge in [0.15, 0.2) is 0 Å². The van der Waals surface area contributed by atoms with E-state index in [0.717, 1.165) is 48.4 Å². The molecular formula is C21H22FN3O. The average molecular weight is 351 g/mol. The van der Waals surface area contributed by atoms with Crippen LogP contribution < -0.4 is 0 Å². The van der Waals surface area contributed by atoms with Gasteiger partial charge < -0.3 is 9.30 Å². The molecule has 0 radical (unpaired) electrons. The number of likely N-dealkylation sites (tertiary alicyclic amines) is 1. The van der Waals surface area contributed by atoms with Crippen LogP contribution in [0.4, 0.5) is 4.39 Å². The molecule has 0 aliphatic carbocycles. The first-order chi connectivity index (χ1) is 12.6. The third-order valence-electron chi connectivity index (χ3n) is 5.21. The van der Waals surface area contributed by atoms with E-state index < -0.39 is 0 Å². The van der Waals surface area contributed by atoms with Crippen molar-refractivity contribution < 1.29 is 9.18 Å². The zero-order valence-electron chi connectivity index (χ0n) is 14.9. The summed E-state index contributed by atoms with van der Waals surface area (Å²) in [5.74, 6) is -0.388. The molecule has 0 saturated carbocycles. The predicted octanol–water partition coefficient (Wildman–Crippen LogP) is 3.93. The van der Waals surface area contributed by atoms with Crippen molar-refractivity contribution in [1.82, 2.24) is 14.3 Å². The highest BCUT2D eigenvalue weighted by atomic mass is 19.1. The second kappa shape index (κ2) is 6.90. The SMILES string of the molecule is Cc1cccn2c(C(CC(=O)N3CCCC3)c3cccc(F)c3)cnc12. The monoisotopic (exact) mass is 351 g/mol. The van der Waals surface area contributed by atoms with Gasteiger partial charge in [-0.05, 0) is 49.1 Å². The lowest BCUT2D eigenvalue weighted by Gasteiger charge is -2.21. The second-order valence-electron chi connectivity index (χ2n) is 6.97. The van der Waals surface area contributed by atoms with Gasteiger partial charge in [0.2, 0.25) is 5.91 Å². The van der Waals surface area contributed by atoms with Crippen LogP contribution in [0.15, 0.2) is 48.8 Å².